The van der Waals surface area contributed by atoms with Crippen LogP contribution >= 0.6 is 0 Å². The third-order valence-electron chi connectivity index (χ3n) is 4.11. The third-order valence-corrected chi connectivity index (χ3v) is 4.11. The number of hydrogen-bond acceptors (Lipinski definition) is 2. The van der Waals surface area contributed by atoms with Crippen LogP contribution in [-0.2, 0) is 4.74 Å². The number of ether oxygens (including phenoxy) is 1. The molecule has 0 bridgehead atoms. The minimum absolute atomic E-state index is 0.752. The molecule has 0 aromatic carbocycles. The van der Waals surface area contributed by atoms with E-state index < -0.39 is 0 Å². The average molecular weight is 255 g/mol. The minimum atomic E-state index is 0.752. The van der Waals surface area contributed by atoms with Gasteiger partial charge in [0.2, 0.25) is 0 Å². The van der Waals surface area contributed by atoms with Gasteiger partial charge in [-0.15, -0.1) is 0 Å². The molecule has 1 N–H and O–H groups in total. The maximum Gasteiger partial charge on any atom is 0.0590 e. The summed E-state index contributed by atoms with van der Waals surface area (Å²) in [4.78, 5) is 0. The molecule has 1 saturated carbocycles. The molecule has 1 fully saturated rings. The molecular weight excluding hydrogens is 222 g/mol. The van der Waals surface area contributed by atoms with Crippen LogP contribution in [0.2, 0.25) is 0 Å². The van der Waals surface area contributed by atoms with Crippen molar-refractivity contribution in [1.82, 2.24) is 5.32 Å². The monoisotopic (exact) mass is 255 g/mol. The van der Waals surface area contributed by atoms with Crippen LogP contribution in [0.15, 0.2) is 0 Å². The van der Waals surface area contributed by atoms with Gasteiger partial charge in [-0.2, -0.15) is 0 Å². The van der Waals surface area contributed by atoms with Gasteiger partial charge in [-0.1, -0.05) is 46.0 Å². The molecule has 2 heteroatoms. The highest BCUT2D eigenvalue weighted by Crippen LogP contribution is 2.26. The first-order valence-electron chi connectivity index (χ1n) is 8.18. The average Bonchev–Trinajstić information content (AvgIpc) is 2.60. The molecule has 18 heavy (non-hydrogen) atoms. The van der Waals surface area contributed by atoms with E-state index in [9.17, 15) is 0 Å². The van der Waals surface area contributed by atoms with Crippen LogP contribution in [0, 0.1) is 5.92 Å². The molecule has 1 aliphatic rings. The zero-order valence-corrected chi connectivity index (χ0v) is 12.5. The third kappa shape index (κ3) is 7.38. The van der Waals surface area contributed by atoms with E-state index in [4.69, 9.17) is 4.74 Å². The van der Waals surface area contributed by atoms with Crippen molar-refractivity contribution in [1.29, 1.82) is 0 Å². The van der Waals surface area contributed by atoms with Crippen molar-refractivity contribution < 1.29 is 4.74 Å². The van der Waals surface area contributed by atoms with Crippen molar-refractivity contribution in [3.8, 4) is 0 Å². The molecule has 0 heterocycles. The van der Waals surface area contributed by atoms with Gasteiger partial charge in [-0.05, 0) is 31.6 Å². The molecule has 1 rings (SSSR count). The molecule has 0 amide bonds. The van der Waals surface area contributed by atoms with Crippen molar-refractivity contribution in [3.63, 3.8) is 0 Å². The van der Waals surface area contributed by atoms with Gasteiger partial charge in [0.1, 0.15) is 0 Å². The first kappa shape index (κ1) is 16.0. The van der Waals surface area contributed by atoms with Gasteiger partial charge < -0.3 is 10.1 Å². The van der Waals surface area contributed by atoms with E-state index in [0.29, 0.717) is 0 Å². The summed E-state index contributed by atoms with van der Waals surface area (Å²) in [7, 11) is 0. The normalized spacial score (nSPS) is 25.0. The quantitative estimate of drug-likeness (QED) is 0.494. The molecule has 1 aliphatic carbocycles. The lowest BCUT2D eigenvalue weighted by molar-refractivity contribution is 0.130. The summed E-state index contributed by atoms with van der Waals surface area (Å²) in [6, 6.07) is 0.752. The Hall–Kier alpha value is -0.0800. The molecule has 0 aliphatic heterocycles. The molecule has 0 spiro atoms. The Balaban J connectivity index is 2.01. The predicted molar refractivity (Wildman–Crippen MR) is 79.0 cm³/mol. The van der Waals surface area contributed by atoms with Crippen molar-refractivity contribution >= 4 is 0 Å². The minimum Gasteiger partial charge on any atom is -0.380 e. The number of rotatable bonds is 9. The van der Waals surface area contributed by atoms with Gasteiger partial charge in [0, 0.05) is 19.2 Å². The Labute approximate surface area is 114 Å². The lowest BCUT2D eigenvalue weighted by atomic mass is 9.95. The zero-order valence-electron chi connectivity index (χ0n) is 12.5. The standard InChI is InChI=1S/C16H33NO/c1-3-5-13-18-14-12-17-16-9-6-8-15(7-4-2)10-11-16/h15-17H,3-14H2,1-2H3. The van der Waals surface area contributed by atoms with Crippen LogP contribution in [0.1, 0.15) is 71.6 Å². The van der Waals surface area contributed by atoms with Crippen LogP contribution in [-0.4, -0.2) is 25.8 Å². The van der Waals surface area contributed by atoms with E-state index in [-0.39, 0.29) is 0 Å². The Morgan fingerprint density at radius 2 is 1.89 bits per heavy atom. The van der Waals surface area contributed by atoms with E-state index in [1.807, 2.05) is 0 Å². The highest BCUT2D eigenvalue weighted by Gasteiger charge is 2.17. The van der Waals surface area contributed by atoms with E-state index in [1.165, 1.54) is 57.8 Å². The fourth-order valence-electron chi connectivity index (χ4n) is 2.96. The molecule has 0 radical (unpaired) electrons. The number of unbranched alkanes of at least 4 members (excludes halogenated alkanes) is 1. The highest BCUT2D eigenvalue weighted by molar-refractivity contribution is 4.74. The SMILES string of the molecule is CCCCOCCNC1CCCC(CCC)CC1. The smallest absolute Gasteiger partial charge is 0.0590 e. The Morgan fingerprint density at radius 1 is 1.00 bits per heavy atom. The maximum absolute atomic E-state index is 5.59. The van der Waals surface area contributed by atoms with Crippen LogP contribution in [0.3, 0.4) is 0 Å². The fourth-order valence-corrected chi connectivity index (χ4v) is 2.96. The van der Waals surface area contributed by atoms with Gasteiger partial charge in [0.15, 0.2) is 0 Å². The first-order chi connectivity index (χ1) is 8.86. The fraction of sp³-hybridized carbons (Fsp3) is 1.00. The van der Waals surface area contributed by atoms with E-state index >= 15 is 0 Å². The number of hydrogen-bond donors (Lipinski definition) is 1. The molecule has 0 aromatic rings. The summed E-state index contributed by atoms with van der Waals surface area (Å²) >= 11 is 0. The second-order valence-corrected chi connectivity index (χ2v) is 5.78. The van der Waals surface area contributed by atoms with Crippen LogP contribution in [0.25, 0.3) is 0 Å². The first-order valence-corrected chi connectivity index (χ1v) is 8.18. The van der Waals surface area contributed by atoms with Gasteiger partial charge in [-0.3, -0.25) is 0 Å². The van der Waals surface area contributed by atoms with E-state index in [1.54, 1.807) is 0 Å². The summed E-state index contributed by atoms with van der Waals surface area (Å²) < 4.78 is 5.59. The Kier molecular flexibility index (Phi) is 9.59. The summed E-state index contributed by atoms with van der Waals surface area (Å²) in [5.41, 5.74) is 0. The van der Waals surface area contributed by atoms with Gasteiger partial charge >= 0.3 is 0 Å². The van der Waals surface area contributed by atoms with Gasteiger partial charge in [0.05, 0.1) is 6.61 Å². The highest BCUT2D eigenvalue weighted by atomic mass is 16.5. The molecule has 2 atom stereocenters. The summed E-state index contributed by atoms with van der Waals surface area (Å²) in [5, 5.41) is 3.68. The maximum atomic E-state index is 5.59. The molecule has 2 unspecified atom stereocenters. The second-order valence-electron chi connectivity index (χ2n) is 5.78. The Morgan fingerprint density at radius 3 is 2.67 bits per heavy atom. The largest absolute Gasteiger partial charge is 0.380 e. The summed E-state index contributed by atoms with van der Waals surface area (Å²) in [6.07, 6.45) is 12.3. The van der Waals surface area contributed by atoms with Crippen molar-refractivity contribution in [2.75, 3.05) is 19.8 Å². The topological polar surface area (TPSA) is 21.3 Å². The lowest BCUT2D eigenvalue weighted by Crippen LogP contribution is -2.31. The summed E-state index contributed by atoms with van der Waals surface area (Å²) in [5.74, 6) is 1.00. The zero-order chi connectivity index (χ0) is 13.1. The summed E-state index contributed by atoms with van der Waals surface area (Å²) in [6.45, 7) is 7.37. The van der Waals surface area contributed by atoms with E-state index in [2.05, 4.69) is 19.2 Å². The molecular formula is C16H33NO. The van der Waals surface area contributed by atoms with Crippen LogP contribution < -0.4 is 5.32 Å². The van der Waals surface area contributed by atoms with E-state index in [0.717, 1.165) is 31.7 Å². The number of nitrogens with one attached hydrogen (secondary N) is 1. The van der Waals surface area contributed by atoms with Gasteiger partial charge in [-0.25, -0.2) is 0 Å². The molecule has 108 valence electrons. The van der Waals surface area contributed by atoms with Crippen molar-refractivity contribution in [2.24, 2.45) is 5.92 Å². The molecule has 2 nitrogen and oxygen atoms in total. The van der Waals surface area contributed by atoms with Gasteiger partial charge in [0.25, 0.3) is 0 Å². The Bertz CT molecular complexity index is 184. The molecule has 0 aromatic heterocycles. The van der Waals surface area contributed by atoms with Crippen LogP contribution in [0.5, 0.6) is 0 Å². The lowest BCUT2D eigenvalue weighted by Gasteiger charge is -2.16. The van der Waals surface area contributed by atoms with Crippen molar-refractivity contribution in [3.05, 3.63) is 0 Å². The second kappa shape index (κ2) is 10.8. The van der Waals surface area contributed by atoms with Crippen molar-refractivity contribution in [2.45, 2.75) is 77.7 Å². The predicted octanol–water partition coefficient (Wildman–Crippen LogP) is 4.14. The van der Waals surface area contributed by atoms with Crippen LogP contribution in [0.4, 0.5) is 0 Å². The molecule has 0 saturated heterocycles.